The second-order valence-electron chi connectivity index (χ2n) is 12.5. The molecule has 6 rings (SSSR count). The molecule has 9 heteroatoms. The van der Waals surface area contributed by atoms with Gasteiger partial charge in [-0.3, -0.25) is 0 Å². The minimum absolute atomic E-state index is 0.168. The average molecular weight is 533 g/mol. The fourth-order valence-corrected chi connectivity index (χ4v) is 6.17. The van der Waals surface area contributed by atoms with Crippen molar-refractivity contribution in [1.29, 1.82) is 0 Å². The van der Waals surface area contributed by atoms with Gasteiger partial charge >= 0.3 is 6.09 Å². The molecule has 9 nitrogen and oxygen atoms in total. The van der Waals surface area contributed by atoms with Gasteiger partial charge in [0.25, 0.3) is 0 Å². The molecule has 1 amide bonds. The number of ether oxygens (including phenoxy) is 2. The smallest absolute Gasteiger partial charge is 0.410 e. The first kappa shape index (κ1) is 25.9. The van der Waals surface area contributed by atoms with E-state index in [1.165, 1.54) is 25.7 Å². The molecule has 1 aliphatic carbocycles. The Kier molecular flexibility index (Phi) is 6.87. The number of hydrogen-bond donors (Lipinski definition) is 2. The molecule has 1 aromatic carbocycles. The number of fused-ring (bicyclic) bond motifs is 1. The maximum Gasteiger partial charge on any atom is 0.410 e. The van der Waals surface area contributed by atoms with Crippen molar-refractivity contribution in [3.63, 3.8) is 0 Å². The minimum atomic E-state index is -0.432. The quantitative estimate of drug-likeness (QED) is 0.460. The maximum absolute atomic E-state index is 12.3. The van der Waals surface area contributed by atoms with Crippen molar-refractivity contribution in [3.05, 3.63) is 36.7 Å². The molecule has 2 aliphatic heterocycles. The fourth-order valence-electron chi connectivity index (χ4n) is 6.17. The molecule has 2 aromatic heterocycles. The van der Waals surface area contributed by atoms with Gasteiger partial charge < -0.3 is 29.6 Å². The van der Waals surface area contributed by atoms with E-state index in [0.29, 0.717) is 11.3 Å². The highest BCUT2D eigenvalue weighted by Gasteiger charge is 2.47. The first-order valence-corrected chi connectivity index (χ1v) is 14.3. The number of H-pyrrole nitrogens is 1. The molecule has 1 saturated carbocycles. The molecule has 0 atom stereocenters. The number of benzene rings is 1. The topological polar surface area (TPSA) is 95.6 Å². The molecular formula is C30H40N6O3. The van der Waals surface area contributed by atoms with Crippen LogP contribution in [0.3, 0.4) is 0 Å². The lowest BCUT2D eigenvalue weighted by Crippen LogP contribution is -2.60. The third kappa shape index (κ3) is 5.69. The highest BCUT2D eigenvalue weighted by Crippen LogP contribution is 2.46. The molecule has 3 aromatic rings. The van der Waals surface area contributed by atoms with Gasteiger partial charge in [-0.05, 0) is 76.1 Å². The summed E-state index contributed by atoms with van der Waals surface area (Å²) >= 11 is 0. The SMILES string of the molecule is CC(C)(C)OC(=O)N1CC2(CCC(CNc3ccc(-c4cc5c(N6CCOCC6)ncnc5[nH]4)cc3)CC2)C1. The summed E-state index contributed by atoms with van der Waals surface area (Å²) in [6.07, 6.45) is 6.25. The van der Waals surface area contributed by atoms with Gasteiger partial charge in [-0.15, -0.1) is 0 Å². The monoisotopic (exact) mass is 532 g/mol. The van der Waals surface area contributed by atoms with E-state index in [1.807, 2.05) is 25.7 Å². The number of likely N-dealkylation sites (tertiary alicyclic amines) is 1. The van der Waals surface area contributed by atoms with E-state index < -0.39 is 5.60 Å². The Morgan fingerprint density at radius 3 is 2.54 bits per heavy atom. The number of carbonyl (C=O) groups is 1. The number of nitrogens with one attached hydrogen (secondary N) is 2. The number of anilines is 2. The summed E-state index contributed by atoms with van der Waals surface area (Å²) in [7, 11) is 0. The first-order valence-electron chi connectivity index (χ1n) is 14.3. The van der Waals surface area contributed by atoms with Crippen LogP contribution >= 0.6 is 0 Å². The minimum Gasteiger partial charge on any atom is -0.444 e. The Bertz CT molecular complexity index is 1290. The third-order valence-corrected chi connectivity index (χ3v) is 8.38. The molecule has 2 N–H and O–H groups in total. The van der Waals surface area contributed by atoms with Crippen molar-refractivity contribution in [2.45, 2.75) is 52.1 Å². The highest BCUT2D eigenvalue weighted by molar-refractivity contribution is 5.92. The predicted octanol–water partition coefficient (Wildman–Crippen LogP) is 5.30. The molecular weight excluding hydrogens is 492 g/mol. The zero-order chi connectivity index (χ0) is 27.0. The molecule has 0 unspecified atom stereocenters. The summed E-state index contributed by atoms with van der Waals surface area (Å²) in [4.78, 5) is 29.0. The van der Waals surface area contributed by atoms with Crippen LogP contribution in [-0.2, 0) is 9.47 Å². The number of aromatic nitrogens is 3. The lowest BCUT2D eigenvalue weighted by atomic mass is 9.66. The normalized spacial score (nSPS) is 19.8. The van der Waals surface area contributed by atoms with Crippen molar-refractivity contribution < 1.29 is 14.3 Å². The van der Waals surface area contributed by atoms with Gasteiger partial charge in [-0.1, -0.05) is 12.1 Å². The van der Waals surface area contributed by atoms with E-state index in [2.05, 4.69) is 55.5 Å². The number of hydrogen-bond acceptors (Lipinski definition) is 7. The molecule has 3 fully saturated rings. The fraction of sp³-hybridized carbons (Fsp3) is 0.567. The standard InChI is InChI=1S/C30H40N6O3/c1-29(2,3)39-28(37)36-18-30(19-36)10-8-21(9-11-30)17-31-23-6-4-22(5-7-23)25-16-24-26(34-25)32-20-33-27(24)35-12-14-38-15-13-35/h4-7,16,20-21,31H,8-15,17-19H2,1-3H3,(H,32,33,34). The highest BCUT2D eigenvalue weighted by atomic mass is 16.6. The molecule has 3 aliphatic rings. The summed E-state index contributed by atoms with van der Waals surface area (Å²) in [6.45, 7) is 11.6. The van der Waals surface area contributed by atoms with Gasteiger partial charge in [0, 0.05) is 49.5 Å². The van der Waals surface area contributed by atoms with Crippen LogP contribution in [0.25, 0.3) is 22.3 Å². The van der Waals surface area contributed by atoms with E-state index in [4.69, 9.17) is 9.47 Å². The lowest BCUT2D eigenvalue weighted by molar-refractivity contribution is -0.0535. The van der Waals surface area contributed by atoms with E-state index >= 15 is 0 Å². The van der Waals surface area contributed by atoms with Crippen LogP contribution in [0.1, 0.15) is 46.5 Å². The van der Waals surface area contributed by atoms with E-state index in [1.54, 1.807) is 6.33 Å². The number of carbonyl (C=O) groups excluding carboxylic acids is 1. The second-order valence-corrected chi connectivity index (χ2v) is 12.5. The first-order chi connectivity index (χ1) is 18.8. The van der Waals surface area contributed by atoms with E-state index in [9.17, 15) is 4.79 Å². The number of nitrogens with zero attached hydrogens (tertiary/aromatic N) is 4. The van der Waals surface area contributed by atoms with Gasteiger partial charge in [-0.2, -0.15) is 0 Å². The van der Waals surface area contributed by atoms with Crippen molar-refractivity contribution in [1.82, 2.24) is 19.9 Å². The molecule has 4 heterocycles. The van der Waals surface area contributed by atoms with Crippen LogP contribution in [0.5, 0.6) is 0 Å². The van der Waals surface area contributed by atoms with Crippen molar-refractivity contribution in [2.24, 2.45) is 11.3 Å². The summed E-state index contributed by atoms with van der Waals surface area (Å²) in [5, 5.41) is 4.70. The van der Waals surface area contributed by atoms with Crippen LogP contribution in [-0.4, -0.2) is 77.5 Å². The van der Waals surface area contributed by atoms with Gasteiger partial charge in [0.2, 0.25) is 0 Å². The van der Waals surface area contributed by atoms with Gasteiger partial charge in [0.05, 0.1) is 18.6 Å². The number of aromatic amines is 1. The largest absolute Gasteiger partial charge is 0.444 e. The Balaban J connectivity index is 1.01. The molecule has 39 heavy (non-hydrogen) atoms. The predicted molar refractivity (Wildman–Crippen MR) is 153 cm³/mol. The Morgan fingerprint density at radius 2 is 1.85 bits per heavy atom. The summed E-state index contributed by atoms with van der Waals surface area (Å²) in [5.41, 5.74) is 4.05. The van der Waals surface area contributed by atoms with Crippen LogP contribution in [0, 0.1) is 11.3 Å². The maximum atomic E-state index is 12.3. The lowest BCUT2D eigenvalue weighted by Gasteiger charge is -2.53. The Morgan fingerprint density at radius 1 is 1.13 bits per heavy atom. The van der Waals surface area contributed by atoms with Crippen LogP contribution in [0.2, 0.25) is 0 Å². The summed E-state index contributed by atoms with van der Waals surface area (Å²) in [5.74, 6) is 1.63. The Labute approximate surface area is 230 Å². The number of amides is 1. The van der Waals surface area contributed by atoms with Gasteiger partial charge in [0.1, 0.15) is 23.4 Å². The molecule has 2 saturated heterocycles. The summed E-state index contributed by atoms with van der Waals surface area (Å²) in [6, 6.07) is 10.8. The second kappa shape index (κ2) is 10.3. The zero-order valence-corrected chi connectivity index (χ0v) is 23.3. The van der Waals surface area contributed by atoms with Crippen molar-refractivity contribution in [3.8, 4) is 11.3 Å². The number of rotatable bonds is 5. The van der Waals surface area contributed by atoms with Crippen molar-refractivity contribution in [2.75, 3.05) is 56.2 Å². The zero-order valence-electron chi connectivity index (χ0n) is 23.3. The molecule has 0 radical (unpaired) electrons. The van der Waals surface area contributed by atoms with Crippen molar-refractivity contribution >= 4 is 28.6 Å². The summed E-state index contributed by atoms with van der Waals surface area (Å²) < 4.78 is 11.0. The van der Waals surface area contributed by atoms with Crippen LogP contribution in [0.4, 0.5) is 16.3 Å². The Hall–Kier alpha value is -3.33. The average Bonchev–Trinajstić information content (AvgIpc) is 3.35. The molecule has 208 valence electrons. The van der Waals surface area contributed by atoms with Crippen LogP contribution in [0.15, 0.2) is 36.7 Å². The van der Waals surface area contributed by atoms with Gasteiger partial charge in [0.15, 0.2) is 0 Å². The third-order valence-electron chi connectivity index (χ3n) is 8.38. The molecule has 1 spiro atoms. The van der Waals surface area contributed by atoms with Crippen LogP contribution < -0.4 is 10.2 Å². The van der Waals surface area contributed by atoms with E-state index in [0.717, 1.165) is 79.7 Å². The van der Waals surface area contributed by atoms with E-state index in [-0.39, 0.29) is 6.09 Å². The van der Waals surface area contributed by atoms with Gasteiger partial charge in [-0.25, -0.2) is 14.8 Å². The molecule has 0 bridgehead atoms. The number of morpholine rings is 1.